The molecule has 2 unspecified atom stereocenters. The monoisotopic (exact) mass is 398 g/mol. The number of nitrogens with zero attached hydrogens (tertiary/aromatic N) is 1. The average molecular weight is 398 g/mol. The summed E-state index contributed by atoms with van der Waals surface area (Å²) < 4.78 is 13.7. The van der Waals surface area contributed by atoms with E-state index >= 15 is 0 Å². The molecule has 1 aromatic carbocycles. The van der Waals surface area contributed by atoms with Crippen molar-refractivity contribution in [1.29, 1.82) is 0 Å². The van der Waals surface area contributed by atoms with E-state index in [4.69, 9.17) is 0 Å². The first-order chi connectivity index (χ1) is 13.9. The first kappa shape index (κ1) is 19.8. The molecular formula is C22H27FN4O2. The van der Waals surface area contributed by atoms with Gasteiger partial charge in [-0.25, -0.2) is 4.39 Å². The van der Waals surface area contributed by atoms with E-state index in [0.717, 1.165) is 36.2 Å². The summed E-state index contributed by atoms with van der Waals surface area (Å²) in [6.45, 7) is 5.70. The van der Waals surface area contributed by atoms with Gasteiger partial charge in [0.25, 0.3) is 11.5 Å². The molecule has 0 spiro atoms. The summed E-state index contributed by atoms with van der Waals surface area (Å²) in [6, 6.07) is 8.68. The molecule has 2 aliphatic heterocycles. The summed E-state index contributed by atoms with van der Waals surface area (Å²) in [7, 11) is 0. The van der Waals surface area contributed by atoms with E-state index < -0.39 is 0 Å². The molecule has 154 valence electrons. The number of likely N-dealkylation sites (tertiary alicyclic amines) is 1. The van der Waals surface area contributed by atoms with Crippen LogP contribution in [0.25, 0.3) is 0 Å². The maximum absolute atomic E-state index is 13.7. The number of nitrogens with one attached hydrogen (secondary N) is 3. The number of aromatic amines is 1. The van der Waals surface area contributed by atoms with Gasteiger partial charge in [-0.05, 0) is 61.9 Å². The van der Waals surface area contributed by atoms with Gasteiger partial charge in [0.2, 0.25) is 0 Å². The summed E-state index contributed by atoms with van der Waals surface area (Å²) in [6.07, 6.45) is 1.69. The molecule has 1 aromatic heterocycles. The number of rotatable bonds is 3. The Morgan fingerprint density at radius 1 is 1.17 bits per heavy atom. The number of pyridine rings is 1. The van der Waals surface area contributed by atoms with Gasteiger partial charge in [-0.15, -0.1) is 0 Å². The summed E-state index contributed by atoms with van der Waals surface area (Å²) in [4.78, 5) is 29.6. The second-order valence-corrected chi connectivity index (χ2v) is 8.16. The fourth-order valence-corrected chi connectivity index (χ4v) is 4.54. The number of carbonyl (C=O) groups is 1. The molecule has 0 aliphatic carbocycles. The largest absolute Gasteiger partial charge is 0.338 e. The Bertz CT molecular complexity index is 966. The molecule has 2 atom stereocenters. The quantitative estimate of drug-likeness (QED) is 0.741. The zero-order valence-corrected chi connectivity index (χ0v) is 16.8. The highest BCUT2D eigenvalue weighted by Crippen LogP contribution is 2.32. The van der Waals surface area contributed by atoms with Crippen LogP contribution in [0.15, 0.2) is 35.1 Å². The van der Waals surface area contributed by atoms with E-state index in [1.165, 1.54) is 6.07 Å². The molecule has 3 N–H and O–H groups in total. The minimum Gasteiger partial charge on any atom is -0.338 e. The van der Waals surface area contributed by atoms with Gasteiger partial charge in [-0.1, -0.05) is 12.1 Å². The third-order valence-corrected chi connectivity index (χ3v) is 6.36. The normalized spacial score (nSPS) is 22.8. The first-order valence-corrected chi connectivity index (χ1v) is 10.2. The number of aromatic nitrogens is 1. The van der Waals surface area contributed by atoms with Crippen LogP contribution in [0.1, 0.15) is 45.9 Å². The maximum Gasteiger partial charge on any atom is 0.261 e. The molecule has 1 amide bonds. The van der Waals surface area contributed by atoms with Crippen molar-refractivity contribution < 1.29 is 9.18 Å². The van der Waals surface area contributed by atoms with Crippen LogP contribution in [0.3, 0.4) is 0 Å². The van der Waals surface area contributed by atoms with Crippen molar-refractivity contribution in [2.45, 2.75) is 38.6 Å². The number of amides is 1. The highest BCUT2D eigenvalue weighted by molar-refractivity contribution is 5.94. The topological polar surface area (TPSA) is 77.2 Å². The number of piperidine rings is 1. The number of aryl methyl sites for hydroxylation is 2. The second kappa shape index (κ2) is 8.08. The van der Waals surface area contributed by atoms with Gasteiger partial charge < -0.3 is 9.88 Å². The lowest BCUT2D eigenvalue weighted by molar-refractivity contribution is 0.0668. The number of hydrogen-bond donors (Lipinski definition) is 3. The number of hydrogen-bond acceptors (Lipinski definition) is 4. The molecule has 2 fully saturated rings. The Morgan fingerprint density at radius 2 is 1.93 bits per heavy atom. The van der Waals surface area contributed by atoms with Crippen molar-refractivity contribution >= 4 is 5.91 Å². The van der Waals surface area contributed by atoms with Crippen LogP contribution in [-0.2, 0) is 0 Å². The molecular weight excluding hydrogens is 371 g/mol. The maximum atomic E-state index is 13.7. The van der Waals surface area contributed by atoms with Gasteiger partial charge in [-0.2, -0.15) is 0 Å². The fraction of sp³-hybridized carbons (Fsp3) is 0.455. The second-order valence-electron chi connectivity index (χ2n) is 8.16. The third kappa shape index (κ3) is 3.97. The number of hydrazine groups is 1. The molecule has 3 heterocycles. The lowest BCUT2D eigenvalue weighted by Gasteiger charge is -2.36. The summed E-state index contributed by atoms with van der Waals surface area (Å²) in [5.41, 5.74) is 9.15. The number of halogens is 1. The molecule has 29 heavy (non-hydrogen) atoms. The smallest absolute Gasteiger partial charge is 0.261 e. The minimum atomic E-state index is -0.326. The molecule has 0 radical (unpaired) electrons. The molecule has 2 aromatic rings. The van der Waals surface area contributed by atoms with Crippen LogP contribution in [-0.4, -0.2) is 41.5 Å². The molecule has 2 aliphatic rings. The lowest BCUT2D eigenvalue weighted by Crippen LogP contribution is -2.46. The van der Waals surface area contributed by atoms with Gasteiger partial charge in [0.15, 0.2) is 0 Å². The van der Waals surface area contributed by atoms with E-state index in [2.05, 4.69) is 15.8 Å². The predicted octanol–water partition coefficient (Wildman–Crippen LogP) is 2.24. The highest BCUT2D eigenvalue weighted by Gasteiger charge is 2.37. The fourth-order valence-electron chi connectivity index (χ4n) is 4.54. The molecule has 2 saturated heterocycles. The van der Waals surface area contributed by atoms with Gasteiger partial charge >= 0.3 is 0 Å². The Hall–Kier alpha value is -2.51. The van der Waals surface area contributed by atoms with E-state index in [9.17, 15) is 14.0 Å². The Kier molecular flexibility index (Phi) is 5.52. The summed E-state index contributed by atoms with van der Waals surface area (Å²) in [5.74, 6) is 0.153. The Balaban J connectivity index is 1.43. The van der Waals surface area contributed by atoms with E-state index in [1.807, 2.05) is 19.9 Å². The molecule has 0 bridgehead atoms. The number of benzene rings is 1. The van der Waals surface area contributed by atoms with Crippen molar-refractivity contribution in [3.63, 3.8) is 0 Å². The lowest BCUT2D eigenvalue weighted by atomic mass is 9.80. The number of carbonyl (C=O) groups excluding carboxylic acids is 1. The zero-order valence-electron chi connectivity index (χ0n) is 16.8. The van der Waals surface area contributed by atoms with Crippen molar-refractivity contribution in [3.05, 3.63) is 68.9 Å². The Labute approximate surface area is 169 Å². The van der Waals surface area contributed by atoms with Crippen LogP contribution < -0.4 is 16.4 Å². The van der Waals surface area contributed by atoms with Crippen LogP contribution in [0.4, 0.5) is 4.39 Å². The highest BCUT2D eigenvalue weighted by atomic mass is 19.1. The average Bonchev–Trinajstić information content (AvgIpc) is 3.20. The van der Waals surface area contributed by atoms with E-state index in [-0.39, 0.29) is 34.8 Å². The zero-order chi connectivity index (χ0) is 20.5. The summed E-state index contributed by atoms with van der Waals surface area (Å²) >= 11 is 0. The van der Waals surface area contributed by atoms with Crippen molar-refractivity contribution in [2.24, 2.45) is 5.92 Å². The van der Waals surface area contributed by atoms with Crippen molar-refractivity contribution in [1.82, 2.24) is 20.7 Å². The molecule has 7 heteroatoms. The van der Waals surface area contributed by atoms with Crippen molar-refractivity contribution in [2.75, 3.05) is 19.6 Å². The van der Waals surface area contributed by atoms with Gasteiger partial charge in [-0.3, -0.25) is 20.4 Å². The van der Waals surface area contributed by atoms with Gasteiger partial charge in [0.1, 0.15) is 11.4 Å². The molecule has 6 nitrogen and oxygen atoms in total. The van der Waals surface area contributed by atoms with Crippen LogP contribution in [0, 0.1) is 25.6 Å². The van der Waals surface area contributed by atoms with E-state index in [0.29, 0.717) is 19.0 Å². The third-order valence-electron chi connectivity index (χ3n) is 6.36. The van der Waals surface area contributed by atoms with Crippen LogP contribution in [0.2, 0.25) is 0 Å². The molecule has 4 rings (SSSR count). The first-order valence-electron chi connectivity index (χ1n) is 10.2. The van der Waals surface area contributed by atoms with Gasteiger partial charge in [0, 0.05) is 37.3 Å². The molecule has 0 saturated carbocycles. The predicted molar refractivity (Wildman–Crippen MR) is 109 cm³/mol. The number of H-pyrrole nitrogens is 1. The van der Waals surface area contributed by atoms with Crippen LogP contribution in [0.5, 0.6) is 0 Å². The Morgan fingerprint density at radius 3 is 2.66 bits per heavy atom. The van der Waals surface area contributed by atoms with Crippen molar-refractivity contribution in [3.8, 4) is 0 Å². The standard InChI is InChI=1S/C22H27FN4O2/c1-13-10-18(21(28)25-14(13)2)22(29)27-8-6-15(7-9-27)20-19(12-24-26-20)16-4-3-5-17(23)11-16/h3-5,10-11,15,19-20,24,26H,6-9,12H2,1-2H3,(H,25,28). The van der Waals surface area contributed by atoms with Gasteiger partial charge in [0.05, 0.1) is 0 Å². The van der Waals surface area contributed by atoms with Crippen LogP contribution >= 0.6 is 0 Å². The summed E-state index contributed by atoms with van der Waals surface area (Å²) in [5, 5.41) is 0. The SMILES string of the molecule is Cc1cc(C(=O)N2CCC(C3NNCC3c3cccc(F)c3)CC2)c(=O)[nH]c1C. The van der Waals surface area contributed by atoms with E-state index in [1.54, 1.807) is 23.1 Å². The minimum absolute atomic E-state index is 0.194.